The van der Waals surface area contributed by atoms with E-state index in [1.54, 1.807) is 17.6 Å². The molecule has 62 valence electrons. The molecule has 0 fully saturated rings. The van der Waals surface area contributed by atoms with Crippen LogP contribution < -0.4 is 4.72 Å². The fraction of sp³-hybridized carbons (Fsp3) is 0.333. The first kappa shape index (κ1) is 9.38. The third-order valence-electron chi connectivity index (χ3n) is 1.16. The SMILES string of the molecule is CS(=O)NCc1ccsc1Br. The highest BCUT2D eigenvalue weighted by atomic mass is 79.9. The minimum Gasteiger partial charge on any atom is -0.243 e. The monoisotopic (exact) mass is 253 g/mol. The summed E-state index contributed by atoms with van der Waals surface area (Å²) >= 11 is 5.03. The van der Waals surface area contributed by atoms with Crippen LogP contribution in [0.1, 0.15) is 5.56 Å². The van der Waals surface area contributed by atoms with Crippen LogP contribution in [0.5, 0.6) is 0 Å². The van der Waals surface area contributed by atoms with E-state index in [-0.39, 0.29) is 0 Å². The first-order chi connectivity index (χ1) is 5.20. The summed E-state index contributed by atoms with van der Waals surface area (Å²) in [6.45, 7) is 0.660. The maximum Gasteiger partial charge on any atom is 0.0886 e. The topological polar surface area (TPSA) is 29.1 Å². The minimum atomic E-state index is -0.925. The lowest BCUT2D eigenvalue weighted by molar-refractivity contribution is 0.676. The Morgan fingerprint density at radius 1 is 1.82 bits per heavy atom. The zero-order chi connectivity index (χ0) is 8.27. The van der Waals surface area contributed by atoms with Crippen molar-refractivity contribution in [3.05, 3.63) is 20.8 Å². The molecule has 0 spiro atoms. The molecule has 1 atom stereocenters. The van der Waals surface area contributed by atoms with Gasteiger partial charge in [-0.1, -0.05) is 0 Å². The molecule has 0 amide bonds. The predicted octanol–water partition coefficient (Wildman–Crippen LogP) is 1.89. The van der Waals surface area contributed by atoms with Gasteiger partial charge in [-0.3, -0.25) is 0 Å². The van der Waals surface area contributed by atoms with Gasteiger partial charge in [0.2, 0.25) is 0 Å². The van der Waals surface area contributed by atoms with E-state index in [1.165, 1.54) is 0 Å². The lowest BCUT2D eigenvalue weighted by atomic mass is 10.4. The van der Waals surface area contributed by atoms with Crippen molar-refractivity contribution < 1.29 is 4.21 Å². The summed E-state index contributed by atoms with van der Waals surface area (Å²) in [6.07, 6.45) is 1.63. The van der Waals surface area contributed by atoms with Crippen molar-refractivity contribution in [2.24, 2.45) is 0 Å². The third kappa shape index (κ3) is 3.02. The molecule has 11 heavy (non-hydrogen) atoms. The first-order valence-electron chi connectivity index (χ1n) is 2.99. The van der Waals surface area contributed by atoms with Crippen molar-refractivity contribution in [1.82, 2.24) is 4.72 Å². The molecule has 1 unspecified atom stereocenters. The molecule has 0 radical (unpaired) electrons. The normalized spacial score (nSPS) is 13.3. The lowest BCUT2D eigenvalue weighted by Crippen LogP contribution is -2.14. The van der Waals surface area contributed by atoms with Crippen molar-refractivity contribution in [2.45, 2.75) is 6.54 Å². The second kappa shape index (κ2) is 4.35. The average molecular weight is 254 g/mol. The summed E-state index contributed by atoms with van der Waals surface area (Å²) in [5.41, 5.74) is 1.16. The number of halogens is 1. The van der Waals surface area contributed by atoms with E-state index in [9.17, 15) is 4.21 Å². The van der Waals surface area contributed by atoms with Crippen molar-refractivity contribution >= 4 is 38.3 Å². The molecule has 5 heteroatoms. The molecular weight excluding hydrogens is 246 g/mol. The number of rotatable bonds is 3. The Morgan fingerprint density at radius 3 is 3.00 bits per heavy atom. The fourth-order valence-electron chi connectivity index (χ4n) is 0.625. The van der Waals surface area contributed by atoms with Crippen LogP contribution in [0.25, 0.3) is 0 Å². The van der Waals surface area contributed by atoms with Gasteiger partial charge in [-0.05, 0) is 32.9 Å². The lowest BCUT2D eigenvalue weighted by Gasteiger charge is -1.97. The van der Waals surface area contributed by atoms with Crippen molar-refractivity contribution in [1.29, 1.82) is 0 Å². The van der Waals surface area contributed by atoms with Crippen LogP contribution in [0, 0.1) is 0 Å². The summed E-state index contributed by atoms with van der Waals surface area (Å²) in [5, 5.41) is 2.00. The third-order valence-corrected chi connectivity index (χ3v) is 3.52. The Bertz CT molecular complexity index is 261. The van der Waals surface area contributed by atoms with Gasteiger partial charge in [0.05, 0.1) is 14.8 Å². The molecule has 0 aromatic carbocycles. The number of thiophene rings is 1. The standard InChI is InChI=1S/C6H8BrNOS2/c1-11(9)8-4-5-2-3-10-6(5)7/h2-3,8H,4H2,1H3. The van der Waals surface area contributed by atoms with E-state index in [1.807, 2.05) is 11.4 Å². The summed E-state index contributed by atoms with van der Waals surface area (Å²) in [5.74, 6) is 0. The van der Waals surface area contributed by atoms with Crippen LogP contribution >= 0.6 is 27.3 Å². The molecular formula is C6H8BrNOS2. The van der Waals surface area contributed by atoms with Crippen LogP contribution in [0.15, 0.2) is 15.2 Å². The van der Waals surface area contributed by atoms with Crippen LogP contribution in [0.2, 0.25) is 0 Å². The molecule has 0 aliphatic carbocycles. The molecule has 0 bridgehead atoms. The van der Waals surface area contributed by atoms with E-state index < -0.39 is 11.0 Å². The van der Waals surface area contributed by atoms with Gasteiger partial charge in [0.1, 0.15) is 0 Å². The van der Waals surface area contributed by atoms with Crippen LogP contribution in [0.3, 0.4) is 0 Å². The first-order valence-corrected chi connectivity index (χ1v) is 6.22. The van der Waals surface area contributed by atoms with Gasteiger partial charge >= 0.3 is 0 Å². The van der Waals surface area contributed by atoms with Gasteiger partial charge < -0.3 is 0 Å². The summed E-state index contributed by atoms with van der Waals surface area (Å²) < 4.78 is 14.6. The highest BCUT2D eigenvalue weighted by Crippen LogP contribution is 2.22. The Labute approximate surface area is 80.7 Å². The zero-order valence-corrected chi connectivity index (χ0v) is 9.18. The molecule has 1 aromatic rings. The molecule has 1 rings (SSSR count). The molecule has 2 nitrogen and oxygen atoms in total. The molecule has 0 saturated carbocycles. The Morgan fingerprint density at radius 2 is 2.55 bits per heavy atom. The maximum absolute atomic E-state index is 10.6. The average Bonchev–Trinajstić information content (AvgIpc) is 2.31. The highest BCUT2D eigenvalue weighted by Gasteiger charge is 1.99. The zero-order valence-electron chi connectivity index (χ0n) is 5.96. The number of nitrogens with one attached hydrogen (secondary N) is 1. The van der Waals surface area contributed by atoms with Gasteiger partial charge in [-0.2, -0.15) is 0 Å². The minimum absolute atomic E-state index is 0.660. The summed E-state index contributed by atoms with van der Waals surface area (Å²) in [7, 11) is -0.925. The van der Waals surface area contributed by atoms with E-state index in [4.69, 9.17) is 0 Å². The maximum atomic E-state index is 10.6. The van der Waals surface area contributed by atoms with Crippen molar-refractivity contribution in [3.63, 3.8) is 0 Å². The number of hydrogen-bond donors (Lipinski definition) is 1. The molecule has 0 aliphatic rings. The summed E-state index contributed by atoms with van der Waals surface area (Å²) in [6, 6.07) is 2.01. The van der Waals surface area contributed by atoms with Crippen LogP contribution in [0.4, 0.5) is 0 Å². The van der Waals surface area contributed by atoms with E-state index in [0.717, 1.165) is 9.35 Å². The van der Waals surface area contributed by atoms with Gasteiger partial charge in [0.15, 0.2) is 0 Å². The fourth-order valence-corrected chi connectivity index (χ4v) is 2.22. The van der Waals surface area contributed by atoms with Crippen LogP contribution in [-0.2, 0) is 17.5 Å². The Kier molecular flexibility index (Phi) is 3.71. The van der Waals surface area contributed by atoms with E-state index >= 15 is 0 Å². The largest absolute Gasteiger partial charge is 0.243 e. The van der Waals surface area contributed by atoms with Gasteiger partial charge in [0, 0.05) is 12.8 Å². The molecule has 1 N–H and O–H groups in total. The van der Waals surface area contributed by atoms with E-state index in [0.29, 0.717) is 6.54 Å². The quantitative estimate of drug-likeness (QED) is 0.876. The van der Waals surface area contributed by atoms with Gasteiger partial charge in [0.25, 0.3) is 0 Å². The Hall–Kier alpha value is 0.290. The molecule has 0 aliphatic heterocycles. The second-order valence-corrected chi connectivity index (χ2v) is 5.43. The van der Waals surface area contributed by atoms with Crippen molar-refractivity contribution in [3.8, 4) is 0 Å². The van der Waals surface area contributed by atoms with Crippen LogP contribution in [-0.4, -0.2) is 10.5 Å². The van der Waals surface area contributed by atoms with Gasteiger partial charge in [-0.25, -0.2) is 8.93 Å². The summed E-state index contributed by atoms with van der Waals surface area (Å²) in [4.78, 5) is 0. The number of hydrogen-bond acceptors (Lipinski definition) is 2. The smallest absolute Gasteiger partial charge is 0.0886 e. The predicted molar refractivity (Wildman–Crippen MR) is 52.9 cm³/mol. The molecule has 0 saturated heterocycles. The molecule has 1 heterocycles. The molecule has 1 aromatic heterocycles. The highest BCUT2D eigenvalue weighted by molar-refractivity contribution is 9.11. The van der Waals surface area contributed by atoms with E-state index in [2.05, 4.69) is 20.7 Å². The van der Waals surface area contributed by atoms with Crippen molar-refractivity contribution in [2.75, 3.05) is 6.26 Å². The van der Waals surface area contributed by atoms with Gasteiger partial charge in [-0.15, -0.1) is 11.3 Å². The second-order valence-electron chi connectivity index (χ2n) is 1.99. The Balaban J connectivity index is 2.51.